The van der Waals surface area contributed by atoms with Gasteiger partial charge in [-0.15, -0.1) is 0 Å². The fourth-order valence-corrected chi connectivity index (χ4v) is 4.56. The minimum absolute atomic E-state index is 0.0586. The summed E-state index contributed by atoms with van der Waals surface area (Å²) >= 11 is 4.84. The second kappa shape index (κ2) is 11.2. The first-order valence-electron chi connectivity index (χ1n) is 10.5. The van der Waals surface area contributed by atoms with Crippen molar-refractivity contribution in [3.63, 3.8) is 0 Å². The van der Waals surface area contributed by atoms with E-state index >= 15 is 4.39 Å². The first kappa shape index (κ1) is 24.5. The summed E-state index contributed by atoms with van der Waals surface area (Å²) in [5.41, 5.74) is 2.05. The number of allylic oxidation sites excluding steroid dienone is 4. The summed E-state index contributed by atoms with van der Waals surface area (Å²) in [4.78, 5) is 21.2. The molecular formula is C27H20BrFN2O3S. The molecule has 4 aromatic rings. The summed E-state index contributed by atoms with van der Waals surface area (Å²) in [5, 5.41) is 3.43. The highest BCUT2D eigenvalue weighted by Gasteiger charge is 2.18. The Balaban J connectivity index is 1.67. The molecule has 0 fully saturated rings. The normalized spacial score (nSPS) is 11.5. The van der Waals surface area contributed by atoms with Gasteiger partial charge < -0.3 is 9.15 Å². The molecule has 0 aliphatic carbocycles. The molecule has 0 saturated heterocycles. The molecule has 4 rings (SSSR count). The SMILES string of the molecule is C=C/C=C\C(=C)C=Nc1cccc(Cc2c(CBr)c3ccc(Oc4nccs4)cc3oc2=O)c1F. The summed E-state index contributed by atoms with van der Waals surface area (Å²) in [7, 11) is 0. The van der Waals surface area contributed by atoms with Crippen molar-refractivity contribution < 1.29 is 13.5 Å². The number of fused-ring (bicyclic) bond motifs is 1. The van der Waals surface area contributed by atoms with Crippen molar-refractivity contribution in [1.29, 1.82) is 0 Å². The van der Waals surface area contributed by atoms with Gasteiger partial charge >= 0.3 is 5.63 Å². The maximum Gasteiger partial charge on any atom is 0.340 e. The van der Waals surface area contributed by atoms with Gasteiger partial charge in [-0.1, -0.05) is 70.8 Å². The van der Waals surface area contributed by atoms with Gasteiger partial charge in [-0.05, 0) is 34.9 Å². The van der Waals surface area contributed by atoms with Gasteiger partial charge in [-0.3, -0.25) is 4.99 Å². The van der Waals surface area contributed by atoms with E-state index in [1.54, 1.807) is 60.1 Å². The van der Waals surface area contributed by atoms with E-state index in [1.807, 2.05) is 6.07 Å². The number of hydrogen-bond acceptors (Lipinski definition) is 6. The Morgan fingerprint density at radius 3 is 2.89 bits per heavy atom. The number of nitrogens with zero attached hydrogens (tertiary/aromatic N) is 2. The molecule has 35 heavy (non-hydrogen) atoms. The number of thiazole rings is 1. The molecule has 2 aromatic heterocycles. The third-order valence-corrected chi connectivity index (χ3v) is 6.29. The lowest BCUT2D eigenvalue weighted by Gasteiger charge is -2.11. The van der Waals surface area contributed by atoms with Gasteiger partial charge in [0, 0.05) is 46.6 Å². The van der Waals surface area contributed by atoms with Crippen LogP contribution in [0.3, 0.4) is 0 Å². The number of benzene rings is 2. The molecule has 0 N–H and O–H groups in total. The third-order valence-electron chi connectivity index (χ3n) is 5.08. The van der Waals surface area contributed by atoms with Crippen molar-refractivity contribution >= 4 is 50.1 Å². The van der Waals surface area contributed by atoms with E-state index < -0.39 is 11.4 Å². The first-order valence-corrected chi connectivity index (χ1v) is 12.5. The fourth-order valence-electron chi connectivity index (χ4n) is 3.42. The topological polar surface area (TPSA) is 64.7 Å². The predicted molar refractivity (Wildman–Crippen MR) is 143 cm³/mol. The Labute approximate surface area is 213 Å². The summed E-state index contributed by atoms with van der Waals surface area (Å²) in [6, 6.07) is 10.2. The van der Waals surface area contributed by atoms with Gasteiger partial charge in [-0.25, -0.2) is 14.2 Å². The van der Waals surface area contributed by atoms with Gasteiger partial charge in [0.15, 0.2) is 5.82 Å². The number of alkyl halides is 1. The molecule has 0 bridgehead atoms. The highest BCUT2D eigenvalue weighted by atomic mass is 79.9. The van der Waals surface area contributed by atoms with E-state index in [4.69, 9.17) is 9.15 Å². The van der Waals surface area contributed by atoms with Crippen LogP contribution in [0, 0.1) is 5.82 Å². The quantitative estimate of drug-likeness (QED) is 0.0927. The van der Waals surface area contributed by atoms with Crippen molar-refractivity contribution in [1.82, 2.24) is 4.98 Å². The van der Waals surface area contributed by atoms with Crippen LogP contribution >= 0.6 is 27.3 Å². The molecule has 0 aliphatic rings. The van der Waals surface area contributed by atoms with Crippen LogP contribution in [0.4, 0.5) is 10.1 Å². The number of rotatable bonds is 9. The third kappa shape index (κ3) is 5.72. The monoisotopic (exact) mass is 550 g/mol. The van der Waals surface area contributed by atoms with Crippen LogP contribution in [0.1, 0.15) is 16.7 Å². The summed E-state index contributed by atoms with van der Waals surface area (Å²) in [6.45, 7) is 7.44. The number of aliphatic imine (C=N–C) groups is 1. The largest absolute Gasteiger partial charge is 0.431 e. The van der Waals surface area contributed by atoms with Crippen LogP contribution in [-0.4, -0.2) is 11.2 Å². The van der Waals surface area contributed by atoms with E-state index in [2.05, 4.69) is 39.1 Å². The van der Waals surface area contributed by atoms with Gasteiger partial charge in [0.2, 0.25) is 0 Å². The molecule has 0 unspecified atom stereocenters. The highest BCUT2D eigenvalue weighted by Crippen LogP contribution is 2.31. The lowest BCUT2D eigenvalue weighted by Crippen LogP contribution is -2.12. The zero-order chi connectivity index (χ0) is 24.8. The van der Waals surface area contributed by atoms with Crippen LogP contribution in [0.5, 0.6) is 10.9 Å². The summed E-state index contributed by atoms with van der Waals surface area (Å²) in [5.74, 6) is 0.00136. The Hall–Kier alpha value is -3.62. The molecule has 8 heteroatoms. The first-order chi connectivity index (χ1) is 17.0. The Kier molecular flexibility index (Phi) is 7.84. The molecular weight excluding hydrogens is 531 g/mol. The van der Waals surface area contributed by atoms with Crippen molar-refractivity contribution in [2.45, 2.75) is 11.8 Å². The lowest BCUT2D eigenvalue weighted by molar-refractivity contribution is 0.476. The zero-order valence-electron chi connectivity index (χ0n) is 18.5. The summed E-state index contributed by atoms with van der Waals surface area (Å²) in [6.07, 6.45) is 8.23. The second-order valence-corrected chi connectivity index (χ2v) is 8.81. The molecule has 0 radical (unpaired) electrons. The van der Waals surface area contributed by atoms with Crippen molar-refractivity contribution in [2.75, 3.05) is 0 Å². The Morgan fingerprint density at radius 2 is 2.14 bits per heavy atom. The highest BCUT2D eigenvalue weighted by molar-refractivity contribution is 9.08. The van der Waals surface area contributed by atoms with Crippen LogP contribution in [0.15, 0.2) is 99.1 Å². The number of halogens is 2. The molecule has 0 atom stereocenters. The maximum absolute atomic E-state index is 15.2. The summed E-state index contributed by atoms with van der Waals surface area (Å²) < 4.78 is 26.5. The Bertz CT molecular complexity index is 1510. The van der Waals surface area contributed by atoms with Gasteiger partial charge in [0.05, 0.1) is 5.69 Å². The van der Waals surface area contributed by atoms with E-state index in [1.165, 1.54) is 17.6 Å². The minimum Gasteiger partial charge on any atom is -0.431 e. The molecule has 2 aromatic carbocycles. The molecule has 0 aliphatic heterocycles. The molecule has 0 saturated carbocycles. The van der Waals surface area contributed by atoms with E-state index in [0.717, 1.165) is 10.9 Å². The number of hydrogen-bond donors (Lipinski definition) is 0. The van der Waals surface area contributed by atoms with E-state index in [-0.39, 0.29) is 12.1 Å². The maximum atomic E-state index is 15.2. The van der Waals surface area contributed by atoms with Crippen molar-refractivity contribution in [3.8, 4) is 10.9 Å². The smallest absolute Gasteiger partial charge is 0.340 e. The van der Waals surface area contributed by atoms with Crippen LogP contribution in [-0.2, 0) is 11.8 Å². The van der Waals surface area contributed by atoms with E-state index in [9.17, 15) is 4.79 Å². The molecule has 0 spiro atoms. The van der Waals surface area contributed by atoms with Gasteiger partial charge in [0.25, 0.3) is 5.19 Å². The van der Waals surface area contributed by atoms with Gasteiger partial charge in [0.1, 0.15) is 11.3 Å². The van der Waals surface area contributed by atoms with E-state index in [0.29, 0.717) is 38.6 Å². The number of aromatic nitrogens is 1. The zero-order valence-corrected chi connectivity index (χ0v) is 20.9. The lowest BCUT2D eigenvalue weighted by atomic mass is 9.99. The molecule has 2 heterocycles. The molecule has 176 valence electrons. The van der Waals surface area contributed by atoms with Crippen molar-refractivity contribution in [2.24, 2.45) is 4.99 Å². The average molecular weight is 551 g/mol. The average Bonchev–Trinajstić information content (AvgIpc) is 3.36. The van der Waals surface area contributed by atoms with Gasteiger partial charge in [-0.2, -0.15) is 0 Å². The van der Waals surface area contributed by atoms with Crippen LogP contribution in [0.2, 0.25) is 0 Å². The minimum atomic E-state index is -0.533. The molecule has 0 amide bonds. The Morgan fingerprint density at radius 1 is 1.29 bits per heavy atom. The molecule has 5 nitrogen and oxygen atoms in total. The number of ether oxygens (including phenoxy) is 1. The van der Waals surface area contributed by atoms with Crippen LogP contribution < -0.4 is 10.4 Å². The van der Waals surface area contributed by atoms with Crippen molar-refractivity contribution in [3.05, 3.63) is 118 Å². The van der Waals surface area contributed by atoms with Crippen LogP contribution in [0.25, 0.3) is 11.0 Å². The fraction of sp³-hybridized carbons (Fsp3) is 0.0741. The standard InChI is InChI=1S/C27H20BrFN2O3S/c1-3-4-6-17(2)16-31-23-8-5-7-18(25(23)29)13-21-22(15-28)20-10-9-19(14-24(20)34-26(21)32)33-27-30-11-12-35-27/h3-12,14,16H,1-2,13,15H2/b6-4-,31-16?. The second-order valence-electron chi connectivity index (χ2n) is 7.39. The predicted octanol–water partition coefficient (Wildman–Crippen LogP) is 7.67.